The normalized spacial score (nSPS) is 16.8. The number of amides is 1. The third-order valence-electron chi connectivity index (χ3n) is 4.85. The average molecular weight is 419 g/mol. The number of sulfonamides is 1. The Kier molecular flexibility index (Phi) is 5.28. The van der Waals surface area contributed by atoms with E-state index >= 15 is 0 Å². The third kappa shape index (κ3) is 4.47. The van der Waals surface area contributed by atoms with Crippen LogP contribution in [0.25, 0.3) is 0 Å². The summed E-state index contributed by atoms with van der Waals surface area (Å²) >= 11 is 0. The predicted octanol–water partition coefficient (Wildman–Crippen LogP) is 3.73. The van der Waals surface area contributed by atoms with Crippen molar-refractivity contribution < 1.29 is 13.2 Å². The van der Waals surface area contributed by atoms with E-state index in [1.807, 2.05) is 31.5 Å². The van der Waals surface area contributed by atoms with E-state index in [4.69, 9.17) is 5.10 Å². The van der Waals surface area contributed by atoms with Crippen LogP contribution in [0, 0.1) is 0 Å². The van der Waals surface area contributed by atoms with Crippen molar-refractivity contribution in [2.24, 2.45) is 0 Å². The number of anilines is 2. The van der Waals surface area contributed by atoms with Gasteiger partial charge in [-0.25, -0.2) is 13.1 Å². The SMILES string of the molecule is CC(C)(C)c1cc(NC(=O)c2cccc(N3CCCS3(=O)=O)c2)n(C(C)(C)C)n1. The molecule has 0 bridgehead atoms. The monoisotopic (exact) mass is 418 g/mol. The molecule has 158 valence electrons. The molecule has 1 aromatic heterocycles. The highest BCUT2D eigenvalue weighted by Gasteiger charge is 2.29. The van der Waals surface area contributed by atoms with Crippen LogP contribution in [0.3, 0.4) is 0 Å². The number of carbonyl (C=O) groups excluding carboxylic acids is 1. The highest BCUT2D eigenvalue weighted by Crippen LogP contribution is 2.29. The molecule has 29 heavy (non-hydrogen) atoms. The molecule has 0 atom stereocenters. The van der Waals surface area contributed by atoms with E-state index in [9.17, 15) is 13.2 Å². The van der Waals surface area contributed by atoms with Gasteiger partial charge in [0.25, 0.3) is 5.91 Å². The summed E-state index contributed by atoms with van der Waals surface area (Å²) in [7, 11) is -3.29. The van der Waals surface area contributed by atoms with Crippen LogP contribution in [0.1, 0.15) is 64.0 Å². The van der Waals surface area contributed by atoms with Crippen LogP contribution in [0.2, 0.25) is 0 Å². The van der Waals surface area contributed by atoms with Crippen LogP contribution < -0.4 is 9.62 Å². The molecule has 1 N–H and O–H groups in total. The summed E-state index contributed by atoms with van der Waals surface area (Å²) < 4.78 is 27.6. The lowest BCUT2D eigenvalue weighted by Gasteiger charge is -2.23. The lowest BCUT2D eigenvalue weighted by molar-refractivity contribution is 0.102. The van der Waals surface area contributed by atoms with Crippen molar-refractivity contribution >= 4 is 27.4 Å². The molecular weight excluding hydrogens is 388 g/mol. The number of nitrogens with zero attached hydrogens (tertiary/aromatic N) is 3. The summed E-state index contributed by atoms with van der Waals surface area (Å²) in [6, 6.07) is 8.64. The van der Waals surface area contributed by atoms with Crippen LogP contribution in [0.15, 0.2) is 30.3 Å². The Morgan fingerprint density at radius 2 is 1.79 bits per heavy atom. The zero-order valence-electron chi connectivity index (χ0n) is 18.0. The van der Waals surface area contributed by atoms with E-state index < -0.39 is 10.0 Å². The highest BCUT2D eigenvalue weighted by atomic mass is 32.2. The predicted molar refractivity (Wildman–Crippen MR) is 116 cm³/mol. The minimum absolute atomic E-state index is 0.143. The Morgan fingerprint density at radius 3 is 2.34 bits per heavy atom. The van der Waals surface area contributed by atoms with E-state index in [0.29, 0.717) is 30.0 Å². The second kappa shape index (κ2) is 7.16. The molecule has 0 spiro atoms. The molecule has 1 amide bonds. The van der Waals surface area contributed by atoms with Crippen LogP contribution in [-0.4, -0.2) is 36.4 Å². The van der Waals surface area contributed by atoms with Crippen molar-refractivity contribution in [3.8, 4) is 0 Å². The second-order valence-corrected chi connectivity index (χ2v) is 11.5. The lowest BCUT2D eigenvalue weighted by Crippen LogP contribution is -2.27. The van der Waals surface area contributed by atoms with Gasteiger partial charge < -0.3 is 5.32 Å². The zero-order valence-corrected chi connectivity index (χ0v) is 18.8. The molecule has 8 heteroatoms. The van der Waals surface area contributed by atoms with Crippen LogP contribution in [0.4, 0.5) is 11.5 Å². The zero-order chi connectivity index (χ0) is 21.6. The molecule has 0 radical (unpaired) electrons. The van der Waals surface area contributed by atoms with E-state index in [1.165, 1.54) is 4.31 Å². The van der Waals surface area contributed by atoms with Gasteiger partial charge in [-0.1, -0.05) is 26.8 Å². The van der Waals surface area contributed by atoms with E-state index in [2.05, 4.69) is 26.1 Å². The van der Waals surface area contributed by atoms with Crippen molar-refractivity contribution in [3.63, 3.8) is 0 Å². The summed E-state index contributed by atoms with van der Waals surface area (Å²) in [5, 5.41) is 7.67. The molecule has 0 aliphatic carbocycles. The molecule has 1 aliphatic rings. The average Bonchev–Trinajstić information content (AvgIpc) is 3.17. The summed E-state index contributed by atoms with van der Waals surface area (Å²) in [6.07, 6.45) is 0.596. The summed E-state index contributed by atoms with van der Waals surface area (Å²) in [5.41, 5.74) is 1.36. The van der Waals surface area contributed by atoms with E-state index in [1.54, 1.807) is 24.3 Å². The molecule has 1 fully saturated rings. The number of hydrogen-bond acceptors (Lipinski definition) is 4. The Hall–Kier alpha value is -2.35. The maximum absolute atomic E-state index is 13.0. The third-order valence-corrected chi connectivity index (χ3v) is 6.72. The summed E-state index contributed by atoms with van der Waals surface area (Å²) in [6.45, 7) is 12.8. The minimum Gasteiger partial charge on any atom is -0.307 e. The minimum atomic E-state index is -3.29. The van der Waals surface area contributed by atoms with Gasteiger partial charge in [0.1, 0.15) is 5.82 Å². The van der Waals surface area contributed by atoms with Crippen molar-refractivity contribution in [2.45, 2.75) is 58.9 Å². The topological polar surface area (TPSA) is 84.3 Å². The molecule has 0 unspecified atom stereocenters. The van der Waals surface area contributed by atoms with Gasteiger partial charge >= 0.3 is 0 Å². The molecular formula is C21H30N4O3S. The first-order valence-corrected chi connectivity index (χ1v) is 11.4. The number of hydrogen-bond donors (Lipinski definition) is 1. The summed E-state index contributed by atoms with van der Waals surface area (Å²) in [4.78, 5) is 13.0. The standard InChI is InChI=1S/C21H30N4O3S/c1-20(2,3)17-14-18(25(23-17)21(4,5)6)22-19(26)15-9-7-10-16(13-15)24-11-8-12-29(24,27)28/h7,9-10,13-14H,8,11-12H2,1-6H3,(H,22,26). The maximum atomic E-state index is 13.0. The first-order valence-electron chi connectivity index (χ1n) is 9.82. The largest absolute Gasteiger partial charge is 0.307 e. The molecule has 0 saturated carbocycles. The fourth-order valence-electron chi connectivity index (χ4n) is 3.27. The number of nitrogens with one attached hydrogen (secondary N) is 1. The molecule has 3 rings (SSSR count). The number of aromatic nitrogens is 2. The van der Waals surface area contributed by atoms with Gasteiger partial charge in [0.05, 0.1) is 22.7 Å². The van der Waals surface area contributed by atoms with Gasteiger partial charge in [-0.15, -0.1) is 0 Å². The molecule has 7 nitrogen and oxygen atoms in total. The molecule has 2 heterocycles. The number of carbonyl (C=O) groups is 1. The molecule has 1 saturated heterocycles. The maximum Gasteiger partial charge on any atom is 0.256 e. The van der Waals surface area contributed by atoms with Crippen molar-refractivity contribution in [3.05, 3.63) is 41.6 Å². The fraction of sp³-hybridized carbons (Fsp3) is 0.524. The van der Waals surface area contributed by atoms with Crippen molar-refractivity contribution in [1.29, 1.82) is 0 Å². The molecule has 1 aromatic carbocycles. The first kappa shape index (κ1) is 21.4. The van der Waals surface area contributed by atoms with Gasteiger partial charge in [-0.3, -0.25) is 9.10 Å². The van der Waals surface area contributed by atoms with E-state index in [-0.39, 0.29) is 22.6 Å². The van der Waals surface area contributed by atoms with Gasteiger partial charge in [-0.05, 0) is 45.4 Å². The summed E-state index contributed by atoms with van der Waals surface area (Å²) in [5.74, 6) is 0.463. The fourth-order valence-corrected chi connectivity index (χ4v) is 4.82. The molecule has 1 aliphatic heterocycles. The Morgan fingerprint density at radius 1 is 1.10 bits per heavy atom. The van der Waals surface area contributed by atoms with Crippen LogP contribution in [-0.2, 0) is 21.0 Å². The van der Waals surface area contributed by atoms with Crippen molar-refractivity contribution in [2.75, 3.05) is 21.9 Å². The smallest absolute Gasteiger partial charge is 0.256 e. The highest BCUT2D eigenvalue weighted by molar-refractivity contribution is 7.93. The Bertz CT molecular complexity index is 1030. The van der Waals surface area contributed by atoms with Gasteiger partial charge in [0, 0.05) is 23.6 Å². The number of rotatable bonds is 3. The molecule has 2 aromatic rings. The van der Waals surface area contributed by atoms with Gasteiger partial charge in [-0.2, -0.15) is 5.10 Å². The second-order valence-electron chi connectivity index (χ2n) is 9.49. The van der Waals surface area contributed by atoms with Crippen molar-refractivity contribution in [1.82, 2.24) is 9.78 Å². The lowest BCUT2D eigenvalue weighted by atomic mass is 9.92. The van der Waals surface area contributed by atoms with Crippen LogP contribution >= 0.6 is 0 Å². The first-order chi connectivity index (χ1) is 13.3. The van der Waals surface area contributed by atoms with Crippen LogP contribution in [0.5, 0.6) is 0 Å². The Balaban J connectivity index is 1.92. The van der Waals surface area contributed by atoms with E-state index in [0.717, 1.165) is 5.69 Å². The quantitative estimate of drug-likeness (QED) is 0.823. The number of benzene rings is 1. The van der Waals surface area contributed by atoms with Gasteiger partial charge in [0.2, 0.25) is 10.0 Å². The Labute approximate surface area is 173 Å². The van der Waals surface area contributed by atoms with Gasteiger partial charge in [0.15, 0.2) is 0 Å².